The smallest absolute Gasteiger partial charge is 0.279 e. The van der Waals surface area contributed by atoms with Crippen LogP contribution in [0, 0.1) is 13.8 Å². The molecule has 3 rings (SSSR count). The second-order valence-electron chi connectivity index (χ2n) is 7.15. The van der Waals surface area contributed by atoms with E-state index in [2.05, 4.69) is 16.8 Å². The van der Waals surface area contributed by atoms with Gasteiger partial charge in [-0.25, -0.2) is 0 Å². The molecule has 1 aliphatic rings. The Balaban J connectivity index is 1.58. The van der Waals surface area contributed by atoms with Crippen molar-refractivity contribution in [3.05, 3.63) is 52.3 Å². The number of ketones is 1. The SMILES string of the molecule is Cc1cc(C(=O)C[NH+](C)CC(=O)Nc2ccccc2Cl)c(C)n1C1CC1. The van der Waals surface area contributed by atoms with Gasteiger partial charge in [-0.3, -0.25) is 9.59 Å². The number of halogens is 1. The molecule has 1 heterocycles. The summed E-state index contributed by atoms with van der Waals surface area (Å²) in [4.78, 5) is 25.7. The van der Waals surface area contributed by atoms with Crippen molar-refractivity contribution < 1.29 is 14.5 Å². The first-order chi connectivity index (χ1) is 12.4. The van der Waals surface area contributed by atoms with Crippen molar-refractivity contribution in [2.24, 2.45) is 0 Å². The monoisotopic (exact) mass is 374 g/mol. The van der Waals surface area contributed by atoms with Gasteiger partial charge in [-0.1, -0.05) is 23.7 Å². The molecule has 1 aromatic carbocycles. The summed E-state index contributed by atoms with van der Waals surface area (Å²) in [5, 5.41) is 3.30. The molecule has 0 saturated heterocycles. The predicted molar refractivity (Wildman–Crippen MR) is 103 cm³/mol. The van der Waals surface area contributed by atoms with Crippen molar-refractivity contribution in [1.82, 2.24) is 4.57 Å². The van der Waals surface area contributed by atoms with Gasteiger partial charge in [-0.15, -0.1) is 0 Å². The molecule has 2 N–H and O–H groups in total. The van der Waals surface area contributed by atoms with Gasteiger partial charge in [0, 0.05) is 23.0 Å². The number of anilines is 1. The fourth-order valence-corrected chi connectivity index (χ4v) is 3.60. The number of para-hydroxylation sites is 1. The summed E-state index contributed by atoms with van der Waals surface area (Å²) < 4.78 is 2.27. The van der Waals surface area contributed by atoms with Gasteiger partial charge in [0.05, 0.1) is 17.8 Å². The zero-order valence-corrected chi connectivity index (χ0v) is 16.2. The Bertz CT molecular complexity index is 840. The maximum atomic E-state index is 12.7. The maximum Gasteiger partial charge on any atom is 0.279 e. The molecule has 1 aromatic heterocycles. The van der Waals surface area contributed by atoms with E-state index < -0.39 is 0 Å². The Hall–Kier alpha value is -2.11. The van der Waals surface area contributed by atoms with Gasteiger partial charge in [-0.2, -0.15) is 0 Å². The van der Waals surface area contributed by atoms with Gasteiger partial charge in [0.15, 0.2) is 6.54 Å². The highest BCUT2D eigenvalue weighted by atomic mass is 35.5. The number of likely N-dealkylation sites (N-methyl/N-ethyl adjacent to an activating group) is 1. The fraction of sp³-hybridized carbons (Fsp3) is 0.400. The van der Waals surface area contributed by atoms with Crippen LogP contribution in [-0.4, -0.2) is 36.4 Å². The van der Waals surface area contributed by atoms with E-state index in [1.165, 1.54) is 12.8 Å². The number of Topliss-reactive ketones (excluding diaryl/α,β-unsaturated/α-hetero) is 1. The van der Waals surface area contributed by atoms with Crippen LogP contribution in [0.15, 0.2) is 30.3 Å². The van der Waals surface area contributed by atoms with Crippen LogP contribution < -0.4 is 10.2 Å². The first-order valence-electron chi connectivity index (χ1n) is 8.94. The van der Waals surface area contributed by atoms with Gasteiger partial charge in [-0.05, 0) is 44.9 Å². The average Bonchev–Trinajstić information content (AvgIpc) is 3.34. The standard InChI is InChI=1S/C20H24ClN3O2/c1-13-10-16(14(2)24(13)15-8-9-15)19(25)11-23(3)12-20(26)22-18-7-5-4-6-17(18)21/h4-7,10,15H,8-9,11-12H2,1-3H3,(H,22,26)/p+1. The molecule has 0 bridgehead atoms. The van der Waals surface area contributed by atoms with Gasteiger partial charge in [0.1, 0.15) is 6.54 Å². The second-order valence-corrected chi connectivity index (χ2v) is 7.56. The quantitative estimate of drug-likeness (QED) is 0.731. The van der Waals surface area contributed by atoms with Crippen LogP contribution in [-0.2, 0) is 4.79 Å². The summed E-state index contributed by atoms with van der Waals surface area (Å²) in [6.07, 6.45) is 2.38. The van der Waals surface area contributed by atoms with E-state index in [0.29, 0.717) is 16.8 Å². The molecular formula is C20H25ClN3O2+. The third-order valence-electron chi connectivity index (χ3n) is 4.77. The highest BCUT2D eigenvalue weighted by molar-refractivity contribution is 6.33. The topological polar surface area (TPSA) is 55.5 Å². The molecule has 1 saturated carbocycles. The summed E-state index contributed by atoms with van der Waals surface area (Å²) in [5.41, 5.74) is 3.55. The molecule has 0 spiro atoms. The van der Waals surface area contributed by atoms with Crippen molar-refractivity contribution in [3.8, 4) is 0 Å². The van der Waals surface area contributed by atoms with E-state index in [1.807, 2.05) is 32.2 Å². The lowest BCUT2D eigenvalue weighted by Gasteiger charge is -2.14. The molecule has 1 atom stereocenters. The van der Waals surface area contributed by atoms with Crippen LogP contribution in [0.3, 0.4) is 0 Å². The van der Waals surface area contributed by atoms with Gasteiger partial charge < -0.3 is 14.8 Å². The Morgan fingerprint density at radius 3 is 2.58 bits per heavy atom. The van der Waals surface area contributed by atoms with E-state index in [0.717, 1.165) is 21.9 Å². The van der Waals surface area contributed by atoms with E-state index in [9.17, 15) is 9.59 Å². The largest absolute Gasteiger partial charge is 0.345 e. The minimum atomic E-state index is -0.160. The molecule has 1 fully saturated rings. The lowest BCUT2D eigenvalue weighted by atomic mass is 10.1. The Morgan fingerprint density at radius 2 is 1.92 bits per heavy atom. The number of amides is 1. The lowest BCUT2D eigenvalue weighted by Crippen LogP contribution is -3.11. The molecule has 0 aliphatic heterocycles. The van der Waals surface area contributed by atoms with Gasteiger partial charge in [0.25, 0.3) is 5.91 Å². The van der Waals surface area contributed by atoms with Gasteiger partial charge in [0.2, 0.25) is 5.78 Å². The molecule has 26 heavy (non-hydrogen) atoms. The van der Waals surface area contributed by atoms with E-state index in [4.69, 9.17) is 11.6 Å². The molecule has 1 unspecified atom stereocenters. The maximum absolute atomic E-state index is 12.7. The van der Waals surface area contributed by atoms with Crippen molar-refractivity contribution in [2.45, 2.75) is 32.7 Å². The number of quaternary nitrogens is 1. The molecule has 6 heteroatoms. The van der Waals surface area contributed by atoms with Crippen LogP contribution in [0.1, 0.15) is 40.6 Å². The van der Waals surface area contributed by atoms with Crippen LogP contribution in [0.2, 0.25) is 5.02 Å². The molecule has 1 amide bonds. The highest BCUT2D eigenvalue weighted by Gasteiger charge is 2.29. The number of rotatable bonds is 7. The zero-order valence-electron chi connectivity index (χ0n) is 15.4. The van der Waals surface area contributed by atoms with Gasteiger partial charge >= 0.3 is 0 Å². The molecule has 1 aliphatic carbocycles. The van der Waals surface area contributed by atoms with Crippen molar-refractivity contribution in [3.63, 3.8) is 0 Å². The second kappa shape index (κ2) is 7.64. The van der Waals surface area contributed by atoms with Crippen LogP contribution >= 0.6 is 11.6 Å². The molecule has 138 valence electrons. The minimum absolute atomic E-state index is 0.0769. The van der Waals surface area contributed by atoms with Crippen LogP contribution in [0.5, 0.6) is 0 Å². The molecule has 5 nitrogen and oxygen atoms in total. The third kappa shape index (κ3) is 4.17. The van der Waals surface area contributed by atoms with Crippen LogP contribution in [0.4, 0.5) is 5.69 Å². The number of aryl methyl sites for hydroxylation is 1. The minimum Gasteiger partial charge on any atom is -0.345 e. The van der Waals surface area contributed by atoms with E-state index >= 15 is 0 Å². The Morgan fingerprint density at radius 1 is 1.23 bits per heavy atom. The number of nitrogens with zero attached hydrogens (tertiary/aromatic N) is 1. The number of carbonyl (C=O) groups excluding carboxylic acids is 2. The average molecular weight is 375 g/mol. The number of benzene rings is 1. The van der Waals surface area contributed by atoms with E-state index in [-0.39, 0.29) is 24.8 Å². The van der Waals surface area contributed by atoms with Crippen molar-refractivity contribution in [2.75, 3.05) is 25.5 Å². The normalized spacial score (nSPS) is 14.9. The summed E-state index contributed by atoms with van der Waals surface area (Å²) in [6, 6.07) is 9.65. The summed E-state index contributed by atoms with van der Waals surface area (Å²) in [7, 11) is 1.85. The number of carbonyl (C=O) groups is 2. The zero-order chi connectivity index (χ0) is 18.8. The molecule has 0 radical (unpaired) electrons. The number of hydrogen-bond donors (Lipinski definition) is 2. The highest BCUT2D eigenvalue weighted by Crippen LogP contribution is 2.38. The number of aromatic nitrogens is 1. The summed E-state index contributed by atoms with van der Waals surface area (Å²) in [5.74, 6) is -0.0834. The Kier molecular flexibility index (Phi) is 5.49. The Labute approximate surface area is 158 Å². The number of hydrogen-bond acceptors (Lipinski definition) is 2. The first kappa shape index (κ1) is 18.7. The lowest BCUT2D eigenvalue weighted by molar-refractivity contribution is -0.861. The van der Waals surface area contributed by atoms with Crippen molar-refractivity contribution >= 4 is 29.0 Å². The predicted octanol–water partition coefficient (Wildman–Crippen LogP) is 2.43. The fourth-order valence-electron chi connectivity index (χ4n) is 3.42. The summed E-state index contributed by atoms with van der Waals surface area (Å²) in [6.45, 7) is 4.55. The number of nitrogens with one attached hydrogen (secondary N) is 2. The van der Waals surface area contributed by atoms with Crippen LogP contribution in [0.25, 0.3) is 0 Å². The summed E-state index contributed by atoms with van der Waals surface area (Å²) >= 11 is 6.06. The molecular weight excluding hydrogens is 350 g/mol. The molecule has 2 aromatic rings. The third-order valence-corrected chi connectivity index (χ3v) is 5.10. The van der Waals surface area contributed by atoms with E-state index in [1.54, 1.807) is 12.1 Å². The van der Waals surface area contributed by atoms with Crippen molar-refractivity contribution in [1.29, 1.82) is 0 Å². The first-order valence-corrected chi connectivity index (χ1v) is 9.32.